The van der Waals surface area contributed by atoms with Crippen molar-refractivity contribution in [1.29, 1.82) is 0 Å². The largest absolute Gasteiger partial charge is 0.444 e. The molecule has 21 heavy (non-hydrogen) atoms. The number of rotatable bonds is 4. The number of hydrogen-bond donors (Lipinski definition) is 2. The van der Waals surface area contributed by atoms with Gasteiger partial charge in [-0.15, -0.1) is 0 Å². The lowest BCUT2D eigenvalue weighted by Crippen LogP contribution is -2.55. The van der Waals surface area contributed by atoms with E-state index >= 15 is 0 Å². The molecule has 2 fully saturated rings. The van der Waals surface area contributed by atoms with E-state index in [0.717, 1.165) is 12.5 Å². The van der Waals surface area contributed by atoms with E-state index in [-0.39, 0.29) is 11.6 Å². The molecule has 0 radical (unpaired) electrons. The molecule has 5 nitrogen and oxygen atoms in total. The molecule has 2 aliphatic rings. The van der Waals surface area contributed by atoms with Crippen LogP contribution in [0.5, 0.6) is 0 Å². The number of fused-ring (bicyclic) bond motifs is 2. The van der Waals surface area contributed by atoms with E-state index in [0.29, 0.717) is 6.04 Å². The van der Waals surface area contributed by atoms with Crippen LogP contribution in [0.3, 0.4) is 0 Å². The van der Waals surface area contributed by atoms with Crippen LogP contribution in [-0.4, -0.2) is 54.4 Å². The minimum Gasteiger partial charge on any atom is -0.444 e. The Kier molecular flexibility index (Phi) is 4.83. The van der Waals surface area contributed by atoms with Gasteiger partial charge in [-0.2, -0.15) is 0 Å². The molecule has 2 N–H and O–H groups in total. The minimum atomic E-state index is -0.454. The summed E-state index contributed by atoms with van der Waals surface area (Å²) in [7, 11) is 0. The highest BCUT2D eigenvalue weighted by atomic mass is 16.6. The number of nitrogens with one attached hydrogen (secondary N) is 2. The van der Waals surface area contributed by atoms with Crippen LogP contribution in [0.2, 0.25) is 0 Å². The summed E-state index contributed by atoms with van der Waals surface area (Å²) in [4.78, 5) is 14.4. The first-order valence-electron chi connectivity index (χ1n) is 8.11. The summed E-state index contributed by atoms with van der Waals surface area (Å²) < 4.78 is 5.33. The topological polar surface area (TPSA) is 53.6 Å². The van der Waals surface area contributed by atoms with E-state index in [2.05, 4.69) is 15.5 Å². The van der Waals surface area contributed by atoms with E-state index < -0.39 is 5.60 Å². The van der Waals surface area contributed by atoms with Crippen LogP contribution in [-0.2, 0) is 4.74 Å². The highest BCUT2D eigenvalue weighted by Gasteiger charge is 2.35. The number of alkyl carbamates (subject to hydrolysis) is 1. The van der Waals surface area contributed by atoms with Gasteiger partial charge in [0.1, 0.15) is 5.60 Å². The van der Waals surface area contributed by atoms with Gasteiger partial charge in [-0.3, -0.25) is 0 Å². The summed E-state index contributed by atoms with van der Waals surface area (Å²) in [6.45, 7) is 14.2. The van der Waals surface area contributed by atoms with Gasteiger partial charge >= 0.3 is 6.09 Å². The van der Waals surface area contributed by atoms with Crippen molar-refractivity contribution in [1.82, 2.24) is 15.5 Å². The number of piperidine rings is 1. The Morgan fingerprint density at radius 3 is 2.52 bits per heavy atom. The fourth-order valence-electron chi connectivity index (χ4n) is 3.23. The summed E-state index contributed by atoms with van der Waals surface area (Å²) in [6.07, 6.45) is 2.18. The van der Waals surface area contributed by atoms with Crippen molar-refractivity contribution in [3.63, 3.8) is 0 Å². The molecule has 0 aliphatic carbocycles. The third-order valence-corrected chi connectivity index (χ3v) is 4.28. The van der Waals surface area contributed by atoms with E-state index in [1.165, 1.54) is 32.5 Å². The Morgan fingerprint density at radius 1 is 1.19 bits per heavy atom. The average molecular weight is 297 g/mol. The molecular formula is C16H31N3O2. The molecule has 0 aromatic heterocycles. The Labute approximate surface area is 128 Å². The lowest BCUT2D eigenvalue weighted by atomic mass is 9.93. The van der Waals surface area contributed by atoms with Gasteiger partial charge in [0.05, 0.1) is 5.54 Å². The maximum absolute atomic E-state index is 11.9. The molecule has 2 heterocycles. The quantitative estimate of drug-likeness (QED) is 0.833. The lowest BCUT2D eigenvalue weighted by Gasteiger charge is -2.35. The first-order chi connectivity index (χ1) is 9.65. The third kappa shape index (κ3) is 5.15. The Morgan fingerprint density at radius 2 is 1.86 bits per heavy atom. The van der Waals surface area contributed by atoms with E-state index in [4.69, 9.17) is 4.74 Å². The predicted octanol–water partition coefficient (Wildman–Crippen LogP) is 1.97. The van der Waals surface area contributed by atoms with E-state index in [1.54, 1.807) is 0 Å². The monoisotopic (exact) mass is 297 g/mol. The maximum atomic E-state index is 11.9. The second kappa shape index (κ2) is 6.13. The highest BCUT2D eigenvalue weighted by molar-refractivity contribution is 5.68. The van der Waals surface area contributed by atoms with Crippen molar-refractivity contribution in [2.45, 2.75) is 64.6 Å². The smallest absolute Gasteiger partial charge is 0.408 e. The number of amides is 1. The van der Waals surface area contributed by atoms with Crippen LogP contribution < -0.4 is 10.6 Å². The van der Waals surface area contributed by atoms with Gasteiger partial charge in [0, 0.05) is 19.1 Å². The zero-order chi connectivity index (χ0) is 15.7. The van der Waals surface area contributed by atoms with Crippen molar-refractivity contribution in [3.8, 4) is 0 Å². The van der Waals surface area contributed by atoms with Crippen LogP contribution in [0.4, 0.5) is 4.79 Å². The predicted molar refractivity (Wildman–Crippen MR) is 84.4 cm³/mol. The Balaban J connectivity index is 1.77. The van der Waals surface area contributed by atoms with Crippen molar-refractivity contribution in [3.05, 3.63) is 0 Å². The first-order valence-corrected chi connectivity index (χ1v) is 8.11. The number of ether oxygens (including phenoxy) is 1. The maximum Gasteiger partial charge on any atom is 0.408 e. The van der Waals surface area contributed by atoms with Crippen molar-refractivity contribution in [2.75, 3.05) is 26.2 Å². The molecule has 0 spiro atoms. The number of carbonyl (C=O) groups excluding carboxylic acids is 1. The highest BCUT2D eigenvalue weighted by Crippen LogP contribution is 2.27. The van der Waals surface area contributed by atoms with Gasteiger partial charge in [-0.05, 0) is 66.5 Å². The van der Waals surface area contributed by atoms with E-state index in [9.17, 15) is 4.79 Å². The number of nitrogens with zero attached hydrogens (tertiary/aromatic N) is 1. The second-order valence-corrected chi connectivity index (χ2v) is 8.14. The van der Waals surface area contributed by atoms with Crippen LogP contribution in [0.25, 0.3) is 0 Å². The van der Waals surface area contributed by atoms with Crippen LogP contribution >= 0.6 is 0 Å². The first kappa shape index (κ1) is 16.6. The van der Waals surface area contributed by atoms with Gasteiger partial charge in [0.25, 0.3) is 0 Å². The fourth-order valence-corrected chi connectivity index (χ4v) is 3.23. The summed E-state index contributed by atoms with van der Waals surface area (Å²) in [5, 5.41) is 6.62. The zero-order valence-corrected chi connectivity index (χ0v) is 14.2. The minimum absolute atomic E-state index is 0.307. The third-order valence-electron chi connectivity index (χ3n) is 4.28. The fraction of sp³-hybridized carbons (Fsp3) is 0.938. The van der Waals surface area contributed by atoms with Gasteiger partial charge in [0.15, 0.2) is 0 Å². The molecule has 1 amide bonds. The molecule has 2 saturated heterocycles. The van der Waals surface area contributed by atoms with Crippen molar-refractivity contribution >= 4 is 6.09 Å². The summed E-state index contributed by atoms with van der Waals surface area (Å²) in [6, 6.07) is 0.587. The SMILES string of the molecule is CC(C)(CNC1CCN2CCC1C2)NC(=O)OC(C)(C)C. The van der Waals surface area contributed by atoms with Crippen molar-refractivity contribution < 1.29 is 9.53 Å². The molecular weight excluding hydrogens is 266 g/mol. The molecule has 5 heteroatoms. The normalized spacial score (nSPS) is 29.3. The second-order valence-electron chi connectivity index (χ2n) is 8.14. The molecule has 0 saturated carbocycles. The van der Waals surface area contributed by atoms with E-state index in [1.807, 2.05) is 34.6 Å². The molecule has 0 aromatic rings. The Hall–Kier alpha value is -0.810. The summed E-state index contributed by atoms with van der Waals surface area (Å²) in [5.74, 6) is 0.774. The van der Waals surface area contributed by atoms with Crippen LogP contribution in [0.15, 0.2) is 0 Å². The van der Waals surface area contributed by atoms with Gasteiger partial charge < -0.3 is 20.3 Å². The molecule has 122 valence electrons. The number of hydrogen-bond acceptors (Lipinski definition) is 4. The Bertz CT molecular complexity index is 376. The average Bonchev–Trinajstić information content (AvgIpc) is 2.67. The zero-order valence-electron chi connectivity index (χ0n) is 14.2. The molecule has 3 unspecified atom stereocenters. The van der Waals surface area contributed by atoms with Crippen molar-refractivity contribution in [2.24, 2.45) is 5.92 Å². The molecule has 2 rings (SSSR count). The summed E-state index contributed by atoms with van der Waals surface area (Å²) >= 11 is 0. The van der Waals surface area contributed by atoms with Crippen LogP contribution in [0, 0.1) is 5.92 Å². The molecule has 2 aliphatic heterocycles. The standard InChI is InChI=1S/C16H31N3O2/c1-15(2,3)21-14(20)18-16(4,5)11-17-13-7-9-19-8-6-12(13)10-19/h12-13,17H,6-11H2,1-5H3,(H,18,20). The molecule has 2 bridgehead atoms. The van der Waals surface area contributed by atoms with Crippen LogP contribution in [0.1, 0.15) is 47.5 Å². The van der Waals surface area contributed by atoms with Gasteiger partial charge in [0.2, 0.25) is 0 Å². The number of carbonyl (C=O) groups is 1. The lowest BCUT2D eigenvalue weighted by molar-refractivity contribution is 0.0468. The summed E-state index contributed by atoms with van der Waals surface area (Å²) in [5.41, 5.74) is -0.762. The molecule has 0 aromatic carbocycles. The van der Waals surface area contributed by atoms with Gasteiger partial charge in [-0.1, -0.05) is 0 Å². The molecule has 3 atom stereocenters. The van der Waals surface area contributed by atoms with Gasteiger partial charge in [-0.25, -0.2) is 4.79 Å².